The van der Waals surface area contributed by atoms with Crippen molar-refractivity contribution in [3.05, 3.63) is 0 Å². The minimum Gasteiger partial charge on any atom is -0.396 e. The van der Waals surface area contributed by atoms with E-state index in [0.29, 0.717) is 12.5 Å². The number of aliphatic hydroxyl groups is 1. The molecule has 12 heavy (non-hydrogen) atoms. The molecule has 0 heterocycles. The average Bonchev–Trinajstić information content (AvgIpc) is 2.59. The van der Waals surface area contributed by atoms with Crippen LogP contribution in [0.5, 0.6) is 0 Å². The van der Waals surface area contributed by atoms with E-state index in [2.05, 4.69) is 0 Å². The van der Waals surface area contributed by atoms with E-state index in [1.807, 2.05) is 6.92 Å². The second-order valence-corrected chi connectivity index (χ2v) is 3.65. The third-order valence-electron chi connectivity index (χ3n) is 2.84. The Balaban J connectivity index is 2.22. The quantitative estimate of drug-likeness (QED) is 0.685. The number of hydrogen-bond donors (Lipinski definition) is 1. The highest BCUT2D eigenvalue weighted by Gasteiger charge is 2.24. The Labute approximate surface area is 74.9 Å². The molecule has 1 fully saturated rings. The lowest BCUT2D eigenvalue weighted by Crippen LogP contribution is -2.21. The van der Waals surface area contributed by atoms with Gasteiger partial charge in [-0.3, -0.25) is 0 Å². The molecule has 1 aliphatic carbocycles. The van der Waals surface area contributed by atoms with Gasteiger partial charge in [-0.1, -0.05) is 25.7 Å². The minimum atomic E-state index is 0.296. The van der Waals surface area contributed by atoms with E-state index in [9.17, 15) is 0 Å². The van der Waals surface area contributed by atoms with Gasteiger partial charge in [-0.05, 0) is 12.8 Å². The van der Waals surface area contributed by atoms with Crippen LogP contribution in [0.1, 0.15) is 32.6 Å². The highest BCUT2D eigenvalue weighted by atomic mass is 16.5. The third kappa shape index (κ3) is 2.76. The fraction of sp³-hybridized carbons (Fsp3) is 1.00. The molecule has 1 unspecified atom stereocenters. The van der Waals surface area contributed by atoms with Gasteiger partial charge in [-0.2, -0.15) is 0 Å². The maximum atomic E-state index is 9.13. The van der Waals surface area contributed by atoms with Crippen LogP contribution in [0.15, 0.2) is 0 Å². The van der Waals surface area contributed by atoms with E-state index < -0.39 is 0 Å². The predicted octanol–water partition coefficient (Wildman–Crippen LogP) is 1.82. The van der Waals surface area contributed by atoms with Crippen LogP contribution >= 0.6 is 0 Å². The fourth-order valence-electron chi connectivity index (χ4n) is 2.04. The van der Waals surface area contributed by atoms with Crippen molar-refractivity contribution in [3.8, 4) is 0 Å². The van der Waals surface area contributed by atoms with Crippen molar-refractivity contribution in [2.45, 2.75) is 32.6 Å². The van der Waals surface area contributed by atoms with Crippen LogP contribution in [0, 0.1) is 11.8 Å². The van der Waals surface area contributed by atoms with Crippen LogP contribution < -0.4 is 0 Å². The Bertz CT molecular complexity index is 108. The summed E-state index contributed by atoms with van der Waals surface area (Å²) in [6.07, 6.45) is 5.26. The molecule has 2 nitrogen and oxygen atoms in total. The molecule has 1 rings (SSSR count). The second-order valence-electron chi connectivity index (χ2n) is 3.65. The number of rotatable bonds is 5. The van der Waals surface area contributed by atoms with Gasteiger partial charge < -0.3 is 9.84 Å². The SMILES string of the molecule is CCOCC(CO)C1CCCC1. The molecule has 1 aliphatic rings. The van der Waals surface area contributed by atoms with E-state index in [0.717, 1.165) is 19.1 Å². The first kappa shape index (κ1) is 10.0. The van der Waals surface area contributed by atoms with Gasteiger partial charge in [0.25, 0.3) is 0 Å². The molecule has 1 N–H and O–H groups in total. The Morgan fingerprint density at radius 3 is 2.58 bits per heavy atom. The van der Waals surface area contributed by atoms with Crippen molar-refractivity contribution in [1.29, 1.82) is 0 Å². The molecule has 0 bridgehead atoms. The highest BCUT2D eigenvalue weighted by Crippen LogP contribution is 2.31. The minimum absolute atomic E-state index is 0.296. The zero-order valence-electron chi connectivity index (χ0n) is 7.96. The van der Waals surface area contributed by atoms with E-state index >= 15 is 0 Å². The van der Waals surface area contributed by atoms with Crippen LogP contribution in [-0.4, -0.2) is 24.9 Å². The van der Waals surface area contributed by atoms with Crippen molar-refractivity contribution < 1.29 is 9.84 Å². The van der Waals surface area contributed by atoms with Crippen molar-refractivity contribution in [1.82, 2.24) is 0 Å². The summed E-state index contributed by atoms with van der Waals surface area (Å²) in [5.74, 6) is 1.12. The summed E-state index contributed by atoms with van der Waals surface area (Å²) in [6.45, 7) is 3.81. The maximum absolute atomic E-state index is 9.13. The van der Waals surface area contributed by atoms with Crippen molar-refractivity contribution in [2.24, 2.45) is 11.8 Å². The third-order valence-corrected chi connectivity index (χ3v) is 2.84. The number of aliphatic hydroxyl groups excluding tert-OH is 1. The summed E-state index contributed by atoms with van der Waals surface area (Å²) in [6, 6.07) is 0. The summed E-state index contributed by atoms with van der Waals surface area (Å²) in [5, 5.41) is 9.13. The van der Waals surface area contributed by atoms with E-state index in [-0.39, 0.29) is 0 Å². The van der Waals surface area contributed by atoms with E-state index in [1.165, 1.54) is 25.7 Å². The zero-order chi connectivity index (χ0) is 8.81. The van der Waals surface area contributed by atoms with Gasteiger partial charge >= 0.3 is 0 Å². The first-order chi connectivity index (χ1) is 5.88. The largest absolute Gasteiger partial charge is 0.396 e. The van der Waals surface area contributed by atoms with Gasteiger partial charge in [0.2, 0.25) is 0 Å². The van der Waals surface area contributed by atoms with E-state index in [1.54, 1.807) is 0 Å². The molecule has 0 saturated heterocycles. The standard InChI is InChI=1S/C10H20O2/c1-2-12-8-10(7-11)9-5-3-4-6-9/h9-11H,2-8H2,1H3. The molecular weight excluding hydrogens is 152 g/mol. The lowest BCUT2D eigenvalue weighted by Gasteiger charge is -2.20. The van der Waals surface area contributed by atoms with Gasteiger partial charge in [0.1, 0.15) is 0 Å². The van der Waals surface area contributed by atoms with Crippen LogP contribution in [0.4, 0.5) is 0 Å². The molecule has 0 aromatic heterocycles. The van der Waals surface area contributed by atoms with Crippen molar-refractivity contribution >= 4 is 0 Å². The smallest absolute Gasteiger partial charge is 0.0518 e. The monoisotopic (exact) mass is 172 g/mol. The Kier molecular flexibility index (Phi) is 4.62. The van der Waals surface area contributed by atoms with Gasteiger partial charge in [0, 0.05) is 19.1 Å². The van der Waals surface area contributed by atoms with Crippen LogP contribution in [0.2, 0.25) is 0 Å². The van der Waals surface area contributed by atoms with Crippen molar-refractivity contribution in [2.75, 3.05) is 19.8 Å². The normalized spacial score (nSPS) is 21.5. The highest BCUT2D eigenvalue weighted by molar-refractivity contribution is 4.74. The lowest BCUT2D eigenvalue weighted by molar-refractivity contribution is 0.0540. The molecular formula is C10H20O2. The predicted molar refractivity (Wildman–Crippen MR) is 49.0 cm³/mol. The van der Waals surface area contributed by atoms with Crippen molar-refractivity contribution in [3.63, 3.8) is 0 Å². The first-order valence-electron chi connectivity index (χ1n) is 5.07. The Hall–Kier alpha value is -0.0800. The molecule has 1 atom stereocenters. The topological polar surface area (TPSA) is 29.5 Å². The maximum Gasteiger partial charge on any atom is 0.0518 e. The van der Waals surface area contributed by atoms with Crippen LogP contribution in [0.3, 0.4) is 0 Å². The van der Waals surface area contributed by atoms with Gasteiger partial charge in [0.05, 0.1) is 6.61 Å². The first-order valence-corrected chi connectivity index (χ1v) is 5.07. The molecule has 0 aromatic carbocycles. The van der Waals surface area contributed by atoms with Crippen LogP contribution in [-0.2, 0) is 4.74 Å². The Morgan fingerprint density at radius 2 is 2.08 bits per heavy atom. The summed E-state index contributed by atoms with van der Waals surface area (Å²) in [7, 11) is 0. The average molecular weight is 172 g/mol. The molecule has 0 amide bonds. The Morgan fingerprint density at radius 1 is 1.42 bits per heavy atom. The number of ether oxygens (including phenoxy) is 1. The van der Waals surface area contributed by atoms with Gasteiger partial charge in [-0.25, -0.2) is 0 Å². The molecule has 2 heteroatoms. The van der Waals surface area contributed by atoms with Gasteiger partial charge in [-0.15, -0.1) is 0 Å². The lowest BCUT2D eigenvalue weighted by atomic mass is 9.92. The molecule has 0 aliphatic heterocycles. The molecule has 1 saturated carbocycles. The summed E-state index contributed by atoms with van der Waals surface area (Å²) in [4.78, 5) is 0. The molecule has 0 spiro atoms. The summed E-state index contributed by atoms with van der Waals surface area (Å²) >= 11 is 0. The molecule has 0 radical (unpaired) electrons. The fourth-order valence-corrected chi connectivity index (χ4v) is 2.04. The van der Waals surface area contributed by atoms with E-state index in [4.69, 9.17) is 9.84 Å². The second kappa shape index (κ2) is 5.55. The van der Waals surface area contributed by atoms with Crippen LogP contribution in [0.25, 0.3) is 0 Å². The summed E-state index contributed by atoms with van der Waals surface area (Å²) in [5.41, 5.74) is 0. The molecule has 0 aromatic rings. The number of hydrogen-bond acceptors (Lipinski definition) is 2. The molecule has 72 valence electrons. The zero-order valence-corrected chi connectivity index (χ0v) is 7.96. The van der Waals surface area contributed by atoms with Gasteiger partial charge in [0.15, 0.2) is 0 Å². The summed E-state index contributed by atoms with van der Waals surface area (Å²) < 4.78 is 5.34.